The van der Waals surface area contributed by atoms with E-state index in [1.165, 1.54) is 0 Å². The maximum absolute atomic E-state index is 11.7. The molecule has 9 nitrogen and oxygen atoms in total. The van der Waals surface area contributed by atoms with Crippen molar-refractivity contribution in [3.63, 3.8) is 0 Å². The van der Waals surface area contributed by atoms with Gasteiger partial charge < -0.3 is 15.4 Å². The molecule has 10 heteroatoms. The van der Waals surface area contributed by atoms with Crippen LogP contribution in [-0.2, 0) is 15.7 Å². The number of nitrogen functional groups attached to an aromatic ring is 1. The number of nitrogens with two attached hydrogens (primary N) is 2. The van der Waals surface area contributed by atoms with Crippen LogP contribution in [0.2, 0.25) is 0 Å². The van der Waals surface area contributed by atoms with E-state index < -0.39 is 11.0 Å². The quantitative estimate of drug-likeness (QED) is 0.666. The Bertz CT molecular complexity index is 1010. The van der Waals surface area contributed by atoms with Crippen LogP contribution in [0.1, 0.15) is 0 Å². The molecule has 1 atom stereocenters. The standard InChI is InChI=1S/C18H19N7O2S/c19-17-21-10-13(11-22-17)16-9-15(12-2-1-3-14(8-12)28(20)26)23-18(24-16)25-4-6-27-7-5-25/h1-3,8-11H,4-7,20H2,(H2,19,21,22). The van der Waals surface area contributed by atoms with Gasteiger partial charge in [0.05, 0.1) is 29.5 Å². The van der Waals surface area contributed by atoms with Crippen LogP contribution >= 0.6 is 0 Å². The number of nitrogens with zero attached hydrogens (tertiary/aromatic N) is 5. The van der Waals surface area contributed by atoms with Crippen molar-refractivity contribution in [2.75, 3.05) is 36.9 Å². The highest BCUT2D eigenvalue weighted by Crippen LogP contribution is 2.27. The normalized spacial score (nSPS) is 15.4. The number of anilines is 2. The predicted molar refractivity (Wildman–Crippen MR) is 107 cm³/mol. The lowest BCUT2D eigenvalue weighted by Gasteiger charge is -2.27. The van der Waals surface area contributed by atoms with Gasteiger partial charge in [0.2, 0.25) is 11.9 Å². The van der Waals surface area contributed by atoms with E-state index in [4.69, 9.17) is 25.6 Å². The molecule has 1 unspecified atom stereocenters. The van der Waals surface area contributed by atoms with Crippen LogP contribution in [0, 0.1) is 0 Å². The van der Waals surface area contributed by atoms with Crippen molar-refractivity contribution in [3.05, 3.63) is 42.7 Å². The second kappa shape index (κ2) is 7.97. The van der Waals surface area contributed by atoms with Gasteiger partial charge in [0.25, 0.3) is 0 Å². The molecule has 0 saturated carbocycles. The van der Waals surface area contributed by atoms with Gasteiger partial charge in [-0.1, -0.05) is 12.1 Å². The number of hydrogen-bond donors (Lipinski definition) is 2. The third-order valence-corrected chi connectivity index (χ3v) is 5.06. The van der Waals surface area contributed by atoms with Gasteiger partial charge in [-0.05, 0) is 18.2 Å². The molecule has 0 amide bonds. The van der Waals surface area contributed by atoms with E-state index >= 15 is 0 Å². The Morgan fingerprint density at radius 1 is 1.00 bits per heavy atom. The monoisotopic (exact) mass is 397 g/mol. The van der Waals surface area contributed by atoms with Gasteiger partial charge in [-0.3, -0.25) is 0 Å². The molecule has 4 N–H and O–H groups in total. The van der Waals surface area contributed by atoms with Gasteiger partial charge in [-0.25, -0.2) is 29.3 Å². The van der Waals surface area contributed by atoms with Crippen molar-refractivity contribution in [1.29, 1.82) is 0 Å². The third-order valence-electron chi connectivity index (χ3n) is 4.34. The topological polar surface area (TPSA) is 133 Å². The zero-order valence-corrected chi connectivity index (χ0v) is 15.8. The largest absolute Gasteiger partial charge is 0.378 e. The minimum absolute atomic E-state index is 0.199. The van der Waals surface area contributed by atoms with Crippen molar-refractivity contribution in [3.8, 4) is 22.5 Å². The van der Waals surface area contributed by atoms with Crippen molar-refractivity contribution in [2.24, 2.45) is 5.14 Å². The van der Waals surface area contributed by atoms with Crippen LogP contribution in [-0.4, -0.2) is 50.4 Å². The van der Waals surface area contributed by atoms with Crippen LogP contribution in [0.5, 0.6) is 0 Å². The van der Waals surface area contributed by atoms with Gasteiger partial charge in [-0.15, -0.1) is 0 Å². The molecule has 1 aliphatic rings. The first-order chi connectivity index (χ1) is 13.6. The van der Waals surface area contributed by atoms with Crippen LogP contribution in [0.3, 0.4) is 0 Å². The van der Waals surface area contributed by atoms with Crippen LogP contribution < -0.4 is 15.8 Å². The first kappa shape index (κ1) is 18.4. The first-order valence-corrected chi connectivity index (χ1v) is 9.88. The molecule has 3 heterocycles. The Morgan fingerprint density at radius 3 is 2.36 bits per heavy atom. The van der Waals surface area contributed by atoms with E-state index in [1.54, 1.807) is 30.6 Å². The number of aromatic nitrogens is 4. The lowest BCUT2D eigenvalue weighted by Crippen LogP contribution is -2.37. The average Bonchev–Trinajstić information content (AvgIpc) is 2.74. The fourth-order valence-corrected chi connectivity index (χ4v) is 3.34. The summed E-state index contributed by atoms with van der Waals surface area (Å²) >= 11 is 0. The molecule has 1 fully saturated rings. The number of hydrogen-bond acceptors (Lipinski definition) is 8. The minimum Gasteiger partial charge on any atom is -0.378 e. The van der Waals surface area contributed by atoms with E-state index in [9.17, 15) is 4.21 Å². The van der Waals surface area contributed by atoms with Gasteiger partial charge in [0.1, 0.15) is 11.0 Å². The summed E-state index contributed by atoms with van der Waals surface area (Å²) in [6.07, 6.45) is 3.26. The van der Waals surface area contributed by atoms with Crippen LogP contribution in [0.4, 0.5) is 11.9 Å². The summed E-state index contributed by atoms with van der Waals surface area (Å²) in [7, 11) is -1.57. The number of rotatable bonds is 4. The summed E-state index contributed by atoms with van der Waals surface area (Å²) in [4.78, 5) is 20.1. The molecule has 144 valence electrons. The van der Waals surface area contributed by atoms with E-state index in [1.807, 2.05) is 12.1 Å². The van der Waals surface area contributed by atoms with E-state index in [0.717, 1.165) is 11.1 Å². The highest BCUT2D eigenvalue weighted by atomic mass is 32.2. The summed E-state index contributed by atoms with van der Waals surface area (Å²) in [5.41, 5.74) is 8.49. The van der Waals surface area contributed by atoms with Crippen molar-refractivity contribution in [2.45, 2.75) is 4.90 Å². The molecule has 2 aromatic heterocycles. The molecule has 0 aliphatic carbocycles. The maximum atomic E-state index is 11.7. The van der Waals surface area contributed by atoms with E-state index in [2.05, 4.69) is 14.9 Å². The van der Waals surface area contributed by atoms with Crippen molar-refractivity contribution in [1.82, 2.24) is 19.9 Å². The van der Waals surface area contributed by atoms with E-state index in [0.29, 0.717) is 48.5 Å². The molecule has 28 heavy (non-hydrogen) atoms. The van der Waals surface area contributed by atoms with E-state index in [-0.39, 0.29) is 5.95 Å². The van der Waals surface area contributed by atoms with Crippen molar-refractivity contribution >= 4 is 22.9 Å². The van der Waals surface area contributed by atoms with Gasteiger partial charge in [0, 0.05) is 36.6 Å². The van der Waals surface area contributed by atoms with Gasteiger partial charge in [0.15, 0.2) is 0 Å². The second-order valence-electron chi connectivity index (χ2n) is 6.19. The molecule has 4 rings (SSSR count). The van der Waals surface area contributed by atoms with Crippen molar-refractivity contribution < 1.29 is 8.95 Å². The SMILES string of the molecule is Nc1ncc(-c2cc(-c3cccc(S(N)=O)c3)nc(N3CCOCC3)n2)cn1. The lowest BCUT2D eigenvalue weighted by atomic mass is 10.1. The summed E-state index contributed by atoms with van der Waals surface area (Å²) in [6, 6.07) is 9.03. The first-order valence-electron chi connectivity index (χ1n) is 8.66. The van der Waals surface area contributed by atoms with Crippen LogP contribution in [0.25, 0.3) is 22.5 Å². The molecule has 0 spiro atoms. The molecule has 3 aromatic rings. The highest BCUT2D eigenvalue weighted by Gasteiger charge is 2.17. The fraction of sp³-hybridized carbons (Fsp3) is 0.222. The lowest BCUT2D eigenvalue weighted by molar-refractivity contribution is 0.122. The summed E-state index contributed by atoms with van der Waals surface area (Å²) in [5, 5.41) is 5.53. The Kier molecular flexibility index (Phi) is 5.24. The summed E-state index contributed by atoms with van der Waals surface area (Å²) in [5.74, 6) is 0.788. The number of ether oxygens (including phenoxy) is 1. The number of morpholine rings is 1. The Labute approximate surface area is 164 Å². The zero-order valence-electron chi connectivity index (χ0n) is 15.0. The average molecular weight is 397 g/mol. The molecule has 0 bridgehead atoms. The second-order valence-corrected chi connectivity index (χ2v) is 7.26. The molecule has 1 saturated heterocycles. The Balaban J connectivity index is 1.82. The molecule has 1 aromatic carbocycles. The molecule has 0 radical (unpaired) electrons. The van der Waals surface area contributed by atoms with Gasteiger partial charge in [-0.2, -0.15) is 0 Å². The Morgan fingerprint density at radius 2 is 1.68 bits per heavy atom. The predicted octanol–water partition coefficient (Wildman–Crippen LogP) is 1.00. The summed E-state index contributed by atoms with van der Waals surface area (Å²) in [6.45, 7) is 2.65. The smallest absolute Gasteiger partial charge is 0.226 e. The molecular weight excluding hydrogens is 378 g/mol. The molecule has 1 aliphatic heterocycles. The maximum Gasteiger partial charge on any atom is 0.226 e. The Hall–Kier alpha value is -2.95. The van der Waals surface area contributed by atoms with Crippen LogP contribution in [0.15, 0.2) is 47.6 Å². The number of benzene rings is 1. The summed E-state index contributed by atoms with van der Waals surface area (Å²) < 4.78 is 17.1. The highest BCUT2D eigenvalue weighted by molar-refractivity contribution is 7.82. The third kappa shape index (κ3) is 3.98. The minimum atomic E-state index is -1.57. The molecular formula is C18H19N7O2S. The fourth-order valence-electron chi connectivity index (χ4n) is 2.89. The zero-order chi connectivity index (χ0) is 19.5. The van der Waals surface area contributed by atoms with Gasteiger partial charge >= 0.3 is 0 Å².